The zero-order chi connectivity index (χ0) is 25.3. The van der Waals surface area contributed by atoms with E-state index in [1.807, 2.05) is 79.5 Å². The second-order valence-electron chi connectivity index (χ2n) is 9.98. The highest BCUT2D eigenvalue weighted by Gasteiger charge is 2.34. The molecule has 1 saturated heterocycles. The molecule has 6 heteroatoms. The molecule has 0 spiro atoms. The molecule has 1 fully saturated rings. The Labute approximate surface area is 217 Å². The standard InChI is InChI=1S/C30H32ClN3O2/c1-21-8-14-26-28(32-21)25(29(33(26)2)23-9-11-24(31)12-10-23)13-15-27(35)34-18-16-30(36,17-19-34)20-22-6-4-3-5-7-22/h3-12,14,36H,13,15-20H2,1-2H3. The number of piperidine rings is 1. The highest BCUT2D eigenvalue weighted by atomic mass is 35.5. The Morgan fingerprint density at radius 1 is 1.03 bits per heavy atom. The van der Waals surface area contributed by atoms with Crippen LogP contribution in [0.5, 0.6) is 0 Å². The minimum atomic E-state index is -0.753. The van der Waals surface area contributed by atoms with Crippen molar-refractivity contribution >= 4 is 28.5 Å². The van der Waals surface area contributed by atoms with Gasteiger partial charge in [-0.2, -0.15) is 0 Å². The van der Waals surface area contributed by atoms with Gasteiger partial charge in [0, 0.05) is 49.3 Å². The lowest BCUT2D eigenvalue weighted by molar-refractivity contribution is -0.135. The molecule has 5 nitrogen and oxygen atoms in total. The molecule has 4 aromatic rings. The fraction of sp³-hybridized carbons (Fsp3) is 0.333. The van der Waals surface area contributed by atoms with Crippen LogP contribution in [-0.2, 0) is 24.7 Å². The molecule has 0 bridgehead atoms. The van der Waals surface area contributed by atoms with Gasteiger partial charge in [0.25, 0.3) is 0 Å². The predicted molar refractivity (Wildman–Crippen MR) is 145 cm³/mol. The summed E-state index contributed by atoms with van der Waals surface area (Å²) >= 11 is 6.15. The SMILES string of the molecule is Cc1ccc2c(n1)c(CCC(=O)N1CCC(O)(Cc3ccccc3)CC1)c(-c1ccc(Cl)cc1)n2C. The lowest BCUT2D eigenvalue weighted by atomic mass is 9.85. The smallest absolute Gasteiger partial charge is 0.222 e. The summed E-state index contributed by atoms with van der Waals surface area (Å²) < 4.78 is 2.16. The van der Waals surface area contributed by atoms with Crippen LogP contribution in [0.1, 0.15) is 36.1 Å². The Bertz CT molecular complexity index is 1370. The van der Waals surface area contributed by atoms with Crippen LogP contribution in [0.3, 0.4) is 0 Å². The van der Waals surface area contributed by atoms with E-state index >= 15 is 0 Å². The summed E-state index contributed by atoms with van der Waals surface area (Å²) in [4.78, 5) is 20.0. The Kier molecular flexibility index (Phi) is 6.87. The minimum Gasteiger partial charge on any atom is -0.389 e. The number of hydrogen-bond acceptors (Lipinski definition) is 3. The van der Waals surface area contributed by atoms with Gasteiger partial charge < -0.3 is 14.6 Å². The Morgan fingerprint density at radius 3 is 2.42 bits per heavy atom. The summed E-state index contributed by atoms with van der Waals surface area (Å²) in [5, 5.41) is 11.8. The van der Waals surface area contributed by atoms with Crippen LogP contribution in [0.15, 0.2) is 66.7 Å². The number of halogens is 1. The van der Waals surface area contributed by atoms with Crippen LogP contribution in [0.2, 0.25) is 5.02 Å². The average molecular weight is 502 g/mol. The van der Waals surface area contributed by atoms with Gasteiger partial charge in [0.2, 0.25) is 5.91 Å². The monoisotopic (exact) mass is 501 g/mol. The van der Waals surface area contributed by atoms with Crippen LogP contribution in [0.4, 0.5) is 0 Å². The number of hydrogen-bond donors (Lipinski definition) is 1. The molecule has 5 rings (SSSR count). The van der Waals surface area contributed by atoms with Gasteiger partial charge in [-0.25, -0.2) is 0 Å². The maximum Gasteiger partial charge on any atom is 0.222 e. The maximum absolute atomic E-state index is 13.2. The van der Waals surface area contributed by atoms with Gasteiger partial charge in [0.15, 0.2) is 0 Å². The van der Waals surface area contributed by atoms with E-state index < -0.39 is 5.60 Å². The van der Waals surface area contributed by atoms with Gasteiger partial charge >= 0.3 is 0 Å². The number of likely N-dealkylation sites (tertiary alicyclic amines) is 1. The summed E-state index contributed by atoms with van der Waals surface area (Å²) in [5.74, 6) is 0.128. The molecule has 0 atom stereocenters. The van der Waals surface area contributed by atoms with Crippen molar-refractivity contribution in [3.8, 4) is 11.3 Å². The average Bonchev–Trinajstić information content (AvgIpc) is 3.14. The molecule has 1 N–H and O–H groups in total. The van der Waals surface area contributed by atoms with E-state index in [-0.39, 0.29) is 5.91 Å². The fourth-order valence-corrected chi connectivity index (χ4v) is 5.53. The van der Waals surface area contributed by atoms with Crippen molar-refractivity contribution in [2.75, 3.05) is 13.1 Å². The van der Waals surface area contributed by atoms with Crippen LogP contribution in [0.25, 0.3) is 22.3 Å². The van der Waals surface area contributed by atoms with E-state index in [2.05, 4.69) is 10.6 Å². The molecule has 0 aliphatic carbocycles. The molecule has 1 amide bonds. The van der Waals surface area contributed by atoms with Crippen molar-refractivity contribution in [2.24, 2.45) is 7.05 Å². The van der Waals surface area contributed by atoms with E-state index in [0.29, 0.717) is 50.2 Å². The number of carbonyl (C=O) groups excluding carboxylic acids is 1. The zero-order valence-corrected chi connectivity index (χ0v) is 21.6. The first-order valence-electron chi connectivity index (χ1n) is 12.6. The van der Waals surface area contributed by atoms with E-state index in [1.54, 1.807) is 0 Å². The summed E-state index contributed by atoms with van der Waals surface area (Å²) in [7, 11) is 2.05. The first-order chi connectivity index (χ1) is 17.3. The highest BCUT2D eigenvalue weighted by Crippen LogP contribution is 2.34. The molecular formula is C30H32ClN3O2. The van der Waals surface area contributed by atoms with E-state index in [0.717, 1.165) is 39.1 Å². The van der Waals surface area contributed by atoms with Crippen molar-refractivity contribution < 1.29 is 9.90 Å². The molecule has 0 radical (unpaired) electrons. The fourth-order valence-electron chi connectivity index (χ4n) is 5.40. The van der Waals surface area contributed by atoms with Gasteiger partial charge in [-0.1, -0.05) is 54.1 Å². The van der Waals surface area contributed by atoms with Gasteiger partial charge in [0.1, 0.15) is 0 Å². The topological polar surface area (TPSA) is 58.4 Å². The number of nitrogens with zero attached hydrogens (tertiary/aromatic N) is 3. The third-order valence-corrected chi connectivity index (χ3v) is 7.66. The number of carbonyl (C=O) groups is 1. The molecule has 0 saturated carbocycles. The molecule has 3 heterocycles. The van der Waals surface area contributed by atoms with Gasteiger partial charge in [-0.05, 0) is 61.6 Å². The number of aryl methyl sites for hydroxylation is 3. The summed E-state index contributed by atoms with van der Waals surface area (Å²) in [6, 6.07) is 22.0. The number of fused-ring (bicyclic) bond motifs is 1. The number of amides is 1. The van der Waals surface area contributed by atoms with Gasteiger partial charge in [-0.3, -0.25) is 9.78 Å². The zero-order valence-electron chi connectivity index (χ0n) is 20.9. The molecular weight excluding hydrogens is 470 g/mol. The third kappa shape index (κ3) is 5.04. The minimum absolute atomic E-state index is 0.128. The molecule has 1 aliphatic heterocycles. The summed E-state index contributed by atoms with van der Waals surface area (Å²) in [5.41, 5.74) is 6.56. The van der Waals surface area contributed by atoms with Gasteiger partial charge in [-0.15, -0.1) is 0 Å². The van der Waals surface area contributed by atoms with Gasteiger partial charge in [0.05, 0.1) is 22.3 Å². The first-order valence-corrected chi connectivity index (χ1v) is 13.0. The van der Waals surface area contributed by atoms with E-state index in [9.17, 15) is 9.90 Å². The van der Waals surface area contributed by atoms with Crippen molar-refractivity contribution in [3.05, 3.63) is 88.6 Å². The van der Waals surface area contributed by atoms with E-state index in [4.69, 9.17) is 16.6 Å². The lowest BCUT2D eigenvalue weighted by Gasteiger charge is -2.38. The molecule has 1 aliphatic rings. The Morgan fingerprint density at radius 2 is 1.72 bits per heavy atom. The number of aliphatic hydroxyl groups is 1. The number of benzene rings is 2. The second-order valence-corrected chi connectivity index (χ2v) is 10.4. The molecule has 0 unspecified atom stereocenters. The van der Waals surface area contributed by atoms with Crippen molar-refractivity contribution in [1.29, 1.82) is 0 Å². The van der Waals surface area contributed by atoms with E-state index in [1.165, 1.54) is 0 Å². The maximum atomic E-state index is 13.2. The highest BCUT2D eigenvalue weighted by molar-refractivity contribution is 6.30. The summed E-state index contributed by atoms with van der Waals surface area (Å²) in [6.45, 7) is 3.16. The third-order valence-electron chi connectivity index (χ3n) is 7.41. The predicted octanol–water partition coefficient (Wildman–Crippen LogP) is 5.73. The van der Waals surface area contributed by atoms with Crippen LogP contribution in [0, 0.1) is 6.92 Å². The van der Waals surface area contributed by atoms with Crippen LogP contribution < -0.4 is 0 Å². The Balaban J connectivity index is 1.32. The molecule has 2 aromatic carbocycles. The first kappa shape index (κ1) is 24.5. The number of aromatic nitrogens is 2. The lowest BCUT2D eigenvalue weighted by Crippen LogP contribution is -2.47. The number of rotatable bonds is 6. The largest absolute Gasteiger partial charge is 0.389 e. The molecule has 36 heavy (non-hydrogen) atoms. The van der Waals surface area contributed by atoms with Crippen molar-refractivity contribution in [1.82, 2.24) is 14.5 Å². The quantitative estimate of drug-likeness (QED) is 0.367. The molecule has 186 valence electrons. The summed E-state index contributed by atoms with van der Waals surface area (Å²) in [6.07, 6.45) is 2.83. The van der Waals surface area contributed by atoms with Crippen LogP contribution in [-0.4, -0.2) is 44.2 Å². The van der Waals surface area contributed by atoms with Crippen LogP contribution >= 0.6 is 11.6 Å². The van der Waals surface area contributed by atoms with Crippen molar-refractivity contribution in [2.45, 2.75) is 44.6 Å². The Hall–Kier alpha value is -3.15. The number of pyridine rings is 1. The second kappa shape index (κ2) is 10.1. The normalized spacial score (nSPS) is 15.4. The molecule has 2 aromatic heterocycles. The van der Waals surface area contributed by atoms with Crippen molar-refractivity contribution in [3.63, 3.8) is 0 Å².